The number of rotatable bonds is 6. The van der Waals surface area contributed by atoms with Crippen LogP contribution in [0.4, 0.5) is 0 Å². The van der Waals surface area contributed by atoms with Gasteiger partial charge in [-0.3, -0.25) is 0 Å². The standard InChI is InChI=1S/C14H20ClNO2/c1-17-14-5-4-11(9-13(14)15)10-16-7-6-12-3-2-8-18-12/h4-5,9,12,16H,2-3,6-8,10H2,1H3. The maximum absolute atomic E-state index is 6.07. The normalized spacial score (nSPS) is 19.1. The molecule has 1 N–H and O–H groups in total. The van der Waals surface area contributed by atoms with E-state index in [1.54, 1.807) is 7.11 Å². The molecule has 0 radical (unpaired) electrons. The van der Waals surface area contributed by atoms with E-state index in [1.165, 1.54) is 18.4 Å². The van der Waals surface area contributed by atoms with Crippen molar-refractivity contribution in [3.05, 3.63) is 28.8 Å². The van der Waals surface area contributed by atoms with Crippen LogP contribution in [0.1, 0.15) is 24.8 Å². The topological polar surface area (TPSA) is 30.5 Å². The Hall–Kier alpha value is -0.770. The van der Waals surface area contributed by atoms with E-state index in [1.807, 2.05) is 18.2 Å². The van der Waals surface area contributed by atoms with Gasteiger partial charge in [-0.25, -0.2) is 0 Å². The Kier molecular flexibility index (Phi) is 5.29. The van der Waals surface area contributed by atoms with Gasteiger partial charge in [-0.15, -0.1) is 0 Å². The zero-order chi connectivity index (χ0) is 12.8. The summed E-state index contributed by atoms with van der Waals surface area (Å²) in [6.45, 7) is 2.74. The highest BCUT2D eigenvalue weighted by atomic mass is 35.5. The lowest BCUT2D eigenvalue weighted by atomic mass is 10.2. The van der Waals surface area contributed by atoms with Crippen molar-refractivity contribution in [2.75, 3.05) is 20.3 Å². The largest absolute Gasteiger partial charge is 0.495 e. The maximum Gasteiger partial charge on any atom is 0.137 e. The van der Waals surface area contributed by atoms with Crippen LogP contribution in [0.3, 0.4) is 0 Å². The van der Waals surface area contributed by atoms with Crippen LogP contribution in [-0.4, -0.2) is 26.4 Å². The van der Waals surface area contributed by atoms with Crippen LogP contribution < -0.4 is 10.1 Å². The lowest BCUT2D eigenvalue weighted by Gasteiger charge is -2.10. The van der Waals surface area contributed by atoms with Crippen molar-refractivity contribution in [3.63, 3.8) is 0 Å². The van der Waals surface area contributed by atoms with Crippen LogP contribution in [0.25, 0.3) is 0 Å². The van der Waals surface area contributed by atoms with E-state index < -0.39 is 0 Å². The zero-order valence-corrected chi connectivity index (χ0v) is 11.5. The fraction of sp³-hybridized carbons (Fsp3) is 0.571. The number of ether oxygens (including phenoxy) is 2. The number of nitrogens with one attached hydrogen (secondary N) is 1. The monoisotopic (exact) mass is 269 g/mol. The van der Waals surface area contributed by atoms with Crippen molar-refractivity contribution in [3.8, 4) is 5.75 Å². The van der Waals surface area contributed by atoms with Gasteiger partial charge in [0.15, 0.2) is 0 Å². The summed E-state index contributed by atoms with van der Waals surface area (Å²) in [7, 11) is 1.63. The van der Waals surface area contributed by atoms with E-state index >= 15 is 0 Å². The third-order valence-corrected chi connectivity index (χ3v) is 3.51. The van der Waals surface area contributed by atoms with E-state index in [-0.39, 0.29) is 0 Å². The third-order valence-electron chi connectivity index (χ3n) is 3.21. The summed E-state index contributed by atoms with van der Waals surface area (Å²) in [5.41, 5.74) is 1.17. The van der Waals surface area contributed by atoms with Crippen LogP contribution in [0.15, 0.2) is 18.2 Å². The fourth-order valence-corrected chi connectivity index (χ4v) is 2.47. The van der Waals surface area contributed by atoms with Crippen molar-refractivity contribution in [1.29, 1.82) is 0 Å². The molecular formula is C14H20ClNO2. The molecule has 1 aliphatic rings. The van der Waals surface area contributed by atoms with E-state index in [0.717, 1.165) is 31.9 Å². The van der Waals surface area contributed by atoms with E-state index in [2.05, 4.69) is 5.32 Å². The van der Waals surface area contributed by atoms with E-state index in [0.29, 0.717) is 11.1 Å². The number of hydrogen-bond acceptors (Lipinski definition) is 3. The minimum Gasteiger partial charge on any atom is -0.495 e. The average Bonchev–Trinajstić information content (AvgIpc) is 2.88. The van der Waals surface area contributed by atoms with Crippen molar-refractivity contribution >= 4 is 11.6 Å². The molecule has 0 bridgehead atoms. The van der Waals surface area contributed by atoms with Gasteiger partial charge in [0, 0.05) is 13.2 Å². The summed E-state index contributed by atoms with van der Waals surface area (Å²) in [5.74, 6) is 0.722. The van der Waals surface area contributed by atoms with Crippen LogP contribution >= 0.6 is 11.6 Å². The van der Waals surface area contributed by atoms with Gasteiger partial charge < -0.3 is 14.8 Å². The molecule has 0 aliphatic carbocycles. The predicted octanol–water partition coefficient (Wildman–Crippen LogP) is 3.01. The molecule has 0 spiro atoms. The quantitative estimate of drug-likeness (QED) is 0.806. The fourth-order valence-electron chi connectivity index (χ4n) is 2.19. The first-order valence-corrected chi connectivity index (χ1v) is 6.82. The highest BCUT2D eigenvalue weighted by molar-refractivity contribution is 6.32. The average molecular weight is 270 g/mol. The van der Waals surface area contributed by atoms with Gasteiger partial charge in [0.25, 0.3) is 0 Å². The first-order valence-electron chi connectivity index (χ1n) is 6.44. The van der Waals surface area contributed by atoms with Gasteiger partial charge in [-0.05, 0) is 43.5 Å². The Morgan fingerprint density at radius 3 is 3.06 bits per heavy atom. The second-order valence-corrected chi connectivity index (χ2v) is 4.98. The molecule has 1 unspecified atom stereocenters. The van der Waals surface area contributed by atoms with Gasteiger partial charge in [0.1, 0.15) is 5.75 Å². The molecule has 3 nitrogen and oxygen atoms in total. The van der Waals surface area contributed by atoms with Crippen molar-refractivity contribution in [2.24, 2.45) is 0 Å². The van der Waals surface area contributed by atoms with Crippen LogP contribution in [-0.2, 0) is 11.3 Å². The highest BCUT2D eigenvalue weighted by Gasteiger charge is 2.14. The second kappa shape index (κ2) is 6.98. The number of methoxy groups -OCH3 is 1. The number of benzene rings is 1. The molecule has 4 heteroatoms. The zero-order valence-electron chi connectivity index (χ0n) is 10.7. The smallest absolute Gasteiger partial charge is 0.137 e. The van der Waals surface area contributed by atoms with Crippen molar-refractivity contribution in [2.45, 2.75) is 31.9 Å². The van der Waals surface area contributed by atoms with Gasteiger partial charge >= 0.3 is 0 Å². The Morgan fingerprint density at radius 1 is 1.50 bits per heavy atom. The Morgan fingerprint density at radius 2 is 2.39 bits per heavy atom. The summed E-state index contributed by atoms with van der Waals surface area (Å²) < 4.78 is 10.7. The van der Waals surface area contributed by atoms with E-state index in [9.17, 15) is 0 Å². The third kappa shape index (κ3) is 3.87. The molecule has 1 saturated heterocycles. The molecule has 1 aliphatic heterocycles. The summed E-state index contributed by atoms with van der Waals surface area (Å²) in [6.07, 6.45) is 3.95. The molecule has 1 heterocycles. The van der Waals surface area contributed by atoms with Crippen LogP contribution in [0.5, 0.6) is 5.75 Å². The summed E-state index contributed by atoms with van der Waals surface area (Å²) in [5, 5.41) is 4.08. The van der Waals surface area contributed by atoms with Crippen LogP contribution in [0.2, 0.25) is 5.02 Å². The Balaban J connectivity index is 1.71. The van der Waals surface area contributed by atoms with Gasteiger partial charge in [0.05, 0.1) is 18.2 Å². The molecule has 1 aromatic rings. The Labute approximate surface area is 113 Å². The molecular weight excluding hydrogens is 250 g/mol. The van der Waals surface area contributed by atoms with Gasteiger partial charge in [0.2, 0.25) is 0 Å². The van der Waals surface area contributed by atoms with Gasteiger partial charge in [-0.1, -0.05) is 17.7 Å². The number of hydrogen-bond donors (Lipinski definition) is 1. The molecule has 0 saturated carbocycles. The van der Waals surface area contributed by atoms with Crippen LogP contribution in [0, 0.1) is 0 Å². The summed E-state index contributed by atoms with van der Waals surface area (Å²) in [4.78, 5) is 0. The van der Waals surface area contributed by atoms with E-state index in [4.69, 9.17) is 21.1 Å². The predicted molar refractivity (Wildman–Crippen MR) is 73.3 cm³/mol. The molecule has 0 aromatic heterocycles. The molecule has 1 atom stereocenters. The molecule has 100 valence electrons. The second-order valence-electron chi connectivity index (χ2n) is 4.57. The first-order chi connectivity index (χ1) is 8.79. The molecule has 18 heavy (non-hydrogen) atoms. The first kappa shape index (κ1) is 13.7. The molecule has 1 fully saturated rings. The SMILES string of the molecule is COc1ccc(CNCCC2CCCO2)cc1Cl. The maximum atomic E-state index is 6.07. The minimum atomic E-state index is 0.456. The molecule has 2 rings (SSSR count). The highest BCUT2D eigenvalue weighted by Crippen LogP contribution is 2.24. The van der Waals surface area contributed by atoms with Crippen molar-refractivity contribution < 1.29 is 9.47 Å². The Bertz CT molecular complexity index is 378. The lowest BCUT2D eigenvalue weighted by Crippen LogP contribution is -2.19. The minimum absolute atomic E-state index is 0.456. The van der Waals surface area contributed by atoms with Gasteiger partial charge in [-0.2, -0.15) is 0 Å². The number of halogens is 1. The summed E-state index contributed by atoms with van der Waals surface area (Å²) in [6, 6.07) is 5.88. The molecule has 1 aromatic carbocycles. The molecule has 0 amide bonds. The lowest BCUT2D eigenvalue weighted by molar-refractivity contribution is 0.104. The van der Waals surface area contributed by atoms with Crippen molar-refractivity contribution in [1.82, 2.24) is 5.32 Å². The summed E-state index contributed by atoms with van der Waals surface area (Å²) >= 11 is 6.07.